The maximum Gasteiger partial charge on any atom is 0.0809 e. The SMILES string of the molecule is CCn1nccc1C(N)C1OCCC1C. The first-order valence-corrected chi connectivity index (χ1v) is 5.63. The zero-order valence-corrected chi connectivity index (χ0v) is 9.39. The molecule has 0 amide bonds. The molecule has 3 unspecified atom stereocenters. The van der Waals surface area contributed by atoms with Crippen molar-refractivity contribution >= 4 is 0 Å². The van der Waals surface area contributed by atoms with E-state index in [2.05, 4.69) is 18.9 Å². The van der Waals surface area contributed by atoms with Crippen LogP contribution in [0, 0.1) is 5.92 Å². The lowest BCUT2D eigenvalue weighted by atomic mass is 9.96. The first-order chi connectivity index (χ1) is 7.24. The highest BCUT2D eigenvalue weighted by Gasteiger charge is 2.32. The summed E-state index contributed by atoms with van der Waals surface area (Å²) < 4.78 is 7.63. The molecule has 4 heteroatoms. The van der Waals surface area contributed by atoms with Crippen LogP contribution in [0.4, 0.5) is 0 Å². The average molecular weight is 209 g/mol. The minimum Gasteiger partial charge on any atom is -0.376 e. The summed E-state index contributed by atoms with van der Waals surface area (Å²) in [5.74, 6) is 0.542. The van der Waals surface area contributed by atoms with Crippen molar-refractivity contribution in [2.24, 2.45) is 11.7 Å². The van der Waals surface area contributed by atoms with E-state index in [0.717, 1.165) is 25.3 Å². The Morgan fingerprint density at radius 2 is 2.53 bits per heavy atom. The van der Waals surface area contributed by atoms with Crippen LogP contribution < -0.4 is 5.73 Å². The third kappa shape index (κ3) is 1.92. The van der Waals surface area contributed by atoms with E-state index in [9.17, 15) is 0 Å². The van der Waals surface area contributed by atoms with Crippen LogP contribution in [0.15, 0.2) is 12.3 Å². The fourth-order valence-corrected chi connectivity index (χ4v) is 2.23. The van der Waals surface area contributed by atoms with Crippen molar-refractivity contribution in [1.29, 1.82) is 0 Å². The van der Waals surface area contributed by atoms with E-state index < -0.39 is 0 Å². The third-order valence-electron chi connectivity index (χ3n) is 3.19. The third-order valence-corrected chi connectivity index (χ3v) is 3.19. The van der Waals surface area contributed by atoms with Crippen molar-refractivity contribution in [2.45, 2.75) is 39.0 Å². The van der Waals surface area contributed by atoms with E-state index in [4.69, 9.17) is 10.5 Å². The number of hydrogen-bond acceptors (Lipinski definition) is 3. The predicted octanol–water partition coefficient (Wildman–Crippen LogP) is 1.33. The summed E-state index contributed by atoms with van der Waals surface area (Å²) in [4.78, 5) is 0. The molecular formula is C11H19N3O. The minimum absolute atomic E-state index is 0.0510. The molecule has 1 aliphatic heterocycles. The second-order valence-corrected chi connectivity index (χ2v) is 4.20. The molecule has 2 N–H and O–H groups in total. The summed E-state index contributed by atoms with van der Waals surface area (Å²) in [5.41, 5.74) is 7.31. The lowest BCUT2D eigenvalue weighted by Gasteiger charge is -2.22. The summed E-state index contributed by atoms with van der Waals surface area (Å²) in [6, 6.07) is 1.94. The van der Waals surface area contributed by atoms with E-state index in [1.165, 1.54) is 0 Å². The molecule has 1 aromatic heterocycles. The minimum atomic E-state index is -0.0510. The van der Waals surface area contributed by atoms with Crippen molar-refractivity contribution in [3.63, 3.8) is 0 Å². The Morgan fingerprint density at radius 1 is 1.73 bits per heavy atom. The molecule has 0 radical (unpaired) electrons. The fraction of sp³-hybridized carbons (Fsp3) is 0.727. The van der Waals surface area contributed by atoms with E-state index >= 15 is 0 Å². The highest BCUT2D eigenvalue weighted by atomic mass is 16.5. The highest BCUT2D eigenvalue weighted by molar-refractivity contribution is 5.09. The van der Waals surface area contributed by atoms with E-state index in [1.807, 2.05) is 10.7 Å². The average Bonchev–Trinajstić information content (AvgIpc) is 2.84. The molecule has 0 spiro atoms. The van der Waals surface area contributed by atoms with Gasteiger partial charge in [0.25, 0.3) is 0 Å². The molecule has 2 heterocycles. The van der Waals surface area contributed by atoms with Crippen LogP contribution in [-0.2, 0) is 11.3 Å². The first-order valence-electron chi connectivity index (χ1n) is 5.63. The van der Waals surface area contributed by atoms with Crippen molar-refractivity contribution in [1.82, 2.24) is 9.78 Å². The number of ether oxygens (including phenoxy) is 1. The second-order valence-electron chi connectivity index (χ2n) is 4.20. The molecule has 1 fully saturated rings. The summed E-state index contributed by atoms with van der Waals surface area (Å²) in [6.07, 6.45) is 3.06. The summed E-state index contributed by atoms with van der Waals surface area (Å²) >= 11 is 0. The normalized spacial score (nSPS) is 28.2. The van der Waals surface area contributed by atoms with Gasteiger partial charge in [0, 0.05) is 19.3 Å². The summed E-state index contributed by atoms with van der Waals surface area (Å²) in [5, 5.41) is 4.23. The van der Waals surface area contributed by atoms with Crippen LogP contribution in [0.1, 0.15) is 32.0 Å². The van der Waals surface area contributed by atoms with Gasteiger partial charge in [-0.1, -0.05) is 6.92 Å². The smallest absolute Gasteiger partial charge is 0.0809 e. The number of nitrogens with zero attached hydrogens (tertiary/aromatic N) is 2. The topological polar surface area (TPSA) is 53.1 Å². The van der Waals surface area contributed by atoms with Crippen LogP contribution in [0.25, 0.3) is 0 Å². The van der Waals surface area contributed by atoms with Crippen molar-refractivity contribution < 1.29 is 4.74 Å². The largest absolute Gasteiger partial charge is 0.376 e. The molecule has 0 aromatic carbocycles. The fourth-order valence-electron chi connectivity index (χ4n) is 2.23. The zero-order valence-electron chi connectivity index (χ0n) is 9.39. The van der Waals surface area contributed by atoms with Crippen LogP contribution in [-0.4, -0.2) is 22.5 Å². The highest BCUT2D eigenvalue weighted by Crippen LogP contribution is 2.29. The lowest BCUT2D eigenvalue weighted by Crippen LogP contribution is -2.31. The molecular weight excluding hydrogens is 190 g/mol. The van der Waals surface area contributed by atoms with Crippen LogP contribution in [0.2, 0.25) is 0 Å². The van der Waals surface area contributed by atoms with E-state index in [1.54, 1.807) is 6.20 Å². The summed E-state index contributed by atoms with van der Waals surface area (Å²) in [7, 11) is 0. The molecule has 1 aromatic rings. The van der Waals surface area contributed by atoms with Gasteiger partial charge in [0.15, 0.2) is 0 Å². The molecule has 4 nitrogen and oxygen atoms in total. The number of aryl methyl sites for hydroxylation is 1. The number of rotatable bonds is 3. The predicted molar refractivity (Wildman–Crippen MR) is 58.4 cm³/mol. The van der Waals surface area contributed by atoms with Crippen molar-refractivity contribution in [3.05, 3.63) is 18.0 Å². The van der Waals surface area contributed by atoms with Gasteiger partial charge in [0.05, 0.1) is 17.8 Å². The standard InChI is InChI=1S/C11H19N3O/c1-3-14-9(4-6-13-14)10(12)11-8(2)5-7-15-11/h4,6,8,10-11H,3,5,7,12H2,1-2H3. The second kappa shape index (κ2) is 4.33. The molecule has 2 rings (SSSR count). The molecule has 1 saturated heterocycles. The molecule has 3 atom stereocenters. The van der Waals surface area contributed by atoms with Gasteiger partial charge in [-0.3, -0.25) is 4.68 Å². The van der Waals surface area contributed by atoms with E-state index in [0.29, 0.717) is 5.92 Å². The maximum absolute atomic E-state index is 6.23. The monoisotopic (exact) mass is 209 g/mol. The van der Waals surface area contributed by atoms with Gasteiger partial charge in [-0.05, 0) is 25.3 Å². The Labute approximate surface area is 90.4 Å². The summed E-state index contributed by atoms with van der Waals surface area (Å²) in [6.45, 7) is 5.96. The lowest BCUT2D eigenvalue weighted by molar-refractivity contribution is 0.0700. The maximum atomic E-state index is 6.23. The van der Waals surface area contributed by atoms with Gasteiger partial charge in [0.2, 0.25) is 0 Å². The number of aromatic nitrogens is 2. The van der Waals surface area contributed by atoms with Gasteiger partial charge in [-0.25, -0.2) is 0 Å². The van der Waals surface area contributed by atoms with Gasteiger partial charge >= 0.3 is 0 Å². The molecule has 84 valence electrons. The molecule has 15 heavy (non-hydrogen) atoms. The zero-order chi connectivity index (χ0) is 10.8. The Hall–Kier alpha value is -0.870. The van der Waals surface area contributed by atoms with Crippen LogP contribution in [0.3, 0.4) is 0 Å². The van der Waals surface area contributed by atoms with Gasteiger partial charge < -0.3 is 10.5 Å². The molecule has 0 aliphatic carbocycles. The Bertz CT molecular complexity index is 323. The quantitative estimate of drug-likeness (QED) is 0.817. The molecule has 0 bridgehead atoms. The number of nitrogens with two attached hydrogens (primary N) is 1. The van der Waals surface area contributed by atoms with Crippen molar-refractivity contribution in [3.8, 4) is 0 Å². The van der Waals surface area contributed by atoms with Gasteiger partial charge in [0.1, 0.15) is 0 Å². The van der Waals surface area contributed by atoms with Crippen LogP contribution in [0.5, 0.6) is 0 Å². The Kier molecular flexibility index (Phi) is 3.07. The first kappa shape index (κ1) is 10.6. The van der Waals surface area contributed by atoms with Crippen molar-refractivity contribution in [2.75, 3.05) is 6.61 Å². The van der Waals surface area contributed by atoms with E-state index in [-0.39, 0.29) is 12.1 Å². The van der Waals surface area contributed by atoms with Gasteiger partial charge in [-0.2, -0.15) is 5.10 Å². The Morgan fingerprint density at radius 3 is 3.13 bits per heavy atom. The molecule has 0 saturated carbocycles. The van der Waals surface area contributed by atoms with Gasteiger partial charge in [-0.15, -0.1) is 0 Å². The Balaban J connectivity index is 2.16. The number of hydrogen-bond donors (Lipinski definition) is 1. The van der Waals surface area contributed by atoms with Crippen LogP contribution >= 0.6 is 0 Å². The molecule has 1 aliphatic rings.